The predicted octanol–water partition coefficient (Wildman–Crippen LogP) is 6.44. The molecule has 4 aromatic rings. The summed E-state index contributed by atoms with van der Waals surface area (Å²) in [5, 5.41) is 4.44. The van der Waals surface area contributed by atoms with Crippen LogP contribution in [0.4, 0.5) is 24.5 Å². The first kappa shape index (κ1) is 25.4. The summed E-state index contributed by atoms with van der Waals surface area (Å²) < 4.78 is 47.2. The van der Waals surface area contributed by atoms with Crippen LogP contribution in [0.3, 0.4) is 0 Å². The zero-order valence-corrected chi connectivity index (χ0v) is 20.8. The average Bonchev–Trinajstić information content (AvgIpc) is 3.34. The van der Waals surface area contributed by atoms with Crippen LogP contribution in [-0.2, 0) is 17.5 Å². The van der Waals surface area contributed by atoms with Crippen molar-refractivity contribution in [2.45, 2.75) is 25.7 Å². The number of hydrogen-bond donors (Lipinski definition) is 0. The fourth-order valence-electron chi connectivity index (χ4n) is 4.66. The fourth-order valence-corrected chi connectivity index (χ4v) is 4.66. The van der Waals surface area contributed by atoms with E-state index in [1.807, 2.05) is 67.6 Å². The van der Waals surface area contributed by atoms with Crippen molar-refractivity contribution in [2.75, 3.05) is 18.6 Å². The van der Waals surface area contributed by atoms with Gasteiger partial charge in [-0.1, -0.05) is 60.7 Å². The second-order valence-corrected chi connectivity index (χ2v) is 9.05. The van der Waals surface area contributed by atoms with Crippen molar-refractivity contribution >= 4 is 23.0 Å². The first-order valence-electron chi connectivity index (χ1n) is 12.1. The number of aromatic nitrogens is 2. The molecule has 0 unspecified atom stereocenters. The Morgan fingerprint density at radius 3 is 2.24 bits per heavy atom. The summed E-state index contributed by atoms with van der Waals surface area (Å²) in [6.07, 6.45) is -2.97. The van der Waals surface area contributed by atoms with Gasteiger partial charge in [0.25, 0.3) is 5.91 Å². The Labute approximate surface area is 218 Å². The molecule has 38 heavy (non-hydrogen) atoms. The molecule has 0 radical (unpaired) electrons. The molecule has 6 nitrogen and oxygen atoms in total. The first-order valence-corrected chi connectivity index (χ1v) is 12.1. The minimum absolute atomic E-state index is 0.0364. The van der Waals surface area contributed by atoms with Crippen LogP contribution in [-0.4, -0.2) is 35.1 Å². The normalized spacial score (nSPS) is 15.3. The van der Waals surface area contributed by atoms with E-state index < -0.39 is 11.7 Å². The molecular formula is C29H25F3N4O2. The number of anilines is 1. The lowest BCUT2D eigenvalue weighted by atomic mass is 10.0. The van der Waals surface area contributed by atoms with Crippen LogP contribution in [0.25, 0.3) is 0 Å². The lowest BCUT2D eigenvalue weighted by Crippen LogP contribution is -2.42. The van der Waals surface area contributed by atoms with Crippen molar-refractivity contribution in [2.24, 2.45) is 4.99 Å². The third-order valence-corrected chi connectivity index (χ3v) is 6.42. The minimum Gasteiger partial charge on any atom is -0.380 e. The molecule has 0 aliphatic carbocycles. The number of amides is 1. The predicted molar refractivity (Wildman–Crippen MR) is 139 cm³/mol. The molecule has 0 spiro atoms. The Morgan fingerprint density at radius 1 is 1.03 bits per heavy atom. The van der Waals surface area contributed by atoms with E-state index in [4.69, 9.17) is 9.73 Å². The molecule has 0 N–H and O–H groups in total. The van der Waals surface area contributed by atoms with Crippen molar-refractivity contribution in [1.82, 2.24) is 9.78 Å². The van der Waals surface area contributed by atoms with E-state index in [9.17, 15) is 18.0 Å². The van der Waals surface area contributed by atoms with Crippen LogP contribution in [0.5, 0.6) is 0 Å². The second kappa shape index (κ2) is 10.3. The van der Waals surface area contributed by atoms with Crippen LogP contribution in [0.1, 0.15) is 45.7 Å². The smallest absolute Gasteiger partial charge is 0.380 e. The van der Waals surface area contributed by atoms with Gasteiger partial charge in [-0.3, -0.25) is 9.48 Å². The molecule has 5 rings (SSSR count). The highest BCUT2D eigenvalue weighted by Crippen LogP contribution is 2.37. The Kier molecular flexibility index (Phi) is 6.86. The molecule has 1 aromatic heterocycles. The summed E-state index contributed by atoms with van der Waals surface area (Å²) in [4.78, 5) is 20.2. The zero-order valence-electron chi connectivity index (χ0n) is 20.8. The molecule has 2 heterocycles. The number of halogens is 3. The molecule has 1 amide bonds. The van der Waals surface area contributed by atoms with Gasteiger partial charge in [-0.15, -0.1) is 0 Å². The number of fused-ring (bicyclic) bond motifs is 1. The van der Waals surface area contributed by atoms with Crippen LogP contribution in [0.2, 0.25) is 0 Å². The zero-order chi connectivity index (χ0) is 26.9. The molecule has 3 aromatic carbocycles. The van der Waals surface area contributed by atoms with E-state index in [1.54, 1.807) is 10.9 Å². The Hall–Kier alpha value is -4.24. The number of hydrogen-bond acceptors (Lipinski definition) is 4. The lowest BCUT2D eigenvalue weighted by Gasteiger charge is -2.32. The summed E-state index contributed by atoms with van der Waals surface area (Å²) in [5.74, 6) is -0.386. The number of nitrogens with zero attached hydrogens (tertiary/aromatic N) is 4. The van der Waals surface area contributed by atoms with Gasteiger partial charge in [0.1, 0.15) is 5.69 Å². The number of aliphatic imine (C=N–C) groups is 1. The highest BCUT2D eigenvalue weighted by atomic mass is 19.4. The van der Waals surface area contributed by atoms with Gasteiger partial charge >= 0.3 is 6.18 Å². The quantitative estimate of drug-likeness (QED) is 0.276. The number of alkyl halides is 3. The maximum Gasteiger partial charge on any atom is 0.416 e. The second-order valence-electron chi connectivity index (χ2n) is 9.05. The SMILES string of the molecule is COCc1cc(N2C[C@H](C)n3ncc(N=C(c4ccccc4)c4ccccc4)c3C2=O)ccc1C(F)(F)F. The molecule has 194 valence electrons. The van der Waals surface area contributed by atoms with E-state index in [2.05, 4.69) is 5.10 Å². The van der Waals surface area contributed by atoms with Gasteiger partial charge in [0.15, 0.2) is 5.69 Å². The van der Waals surface area contributed by atoms with E-state index >= 15 is 0 Å². The Balaban J connectivity index is 1.59. The summed E-state index contributed by atoms with van der Waals surface area (Å²) >= 11 is 0. The molecule has 0 bridgehead atoms. The van der Waals surface area contributed by atoms with Gasteiger partial charge in [-0.05, 0) is 30.7 Å². The summed E-state index contributed by atoms with van der Waals surface area (Å²) in [7, 11) is 1.33. The fraction of sp³-hybridized carbons (Fsp3) is 0.207. The van der Waals surface area contributed by atoms with Gasteiger partial charge in [-0.2, -0.15) is 18.3 Å². The summed E-state index contributed by atoms with van der Waals surface area (Å²) in [6.45, 7) is 1.92. The van der Waals surface area contributed by atoms with E-state index in [0.29, 0.717) is 17.1 Å². The van der Waals surface area contributed by atoms with Gasteiger partial charge < -0.3 is 9.64 Å². The molecule has 0 saturated carbocycles. The van der Waals surface area contributed by atoms with Crippen LogP contribution in [0.15, 0.2) is 90.1 Å². The summed E-state index contributed by atoms with van der Waals surface area (Å²) in [5.41, 5.74) is 2.63. The van der Waals surface area contributed by atoms with Crippen LogP contribution in [0, 0.1) is 0 Å². The maximum absolute atomic E-state index is 13.8. The first-order chi connectivity index (χ1) is 18.3. The number of carbonyl (C=O) groups excluding carboxylic acids is 1. The molecular weight excluding hydrogens is 493 g/mol. The lowest BCUT2D eigenvalue weighted by molar-refractivity contribution is -0.138. The van der Waals surface area contributed by atoms with Crippen molar-refractivity contribution in [3.8, 4) is 0 Å². The van der Waals surface area contributed by atoms with E-state index in [1.165, 1.54) is 24.1 Å². The van der Waals surface area contributed by atoms with Gasteiger partial charge in [0.05, 0.1) is 30.1 Å². The largest absolute Gasteiger partial charge is 0.416 e. The number of ether oxygens (including phenoxy) is 1. The monoisotopic (exact) mass is 518 g/mol. The van der Waals surface area contributed by atoms with Crippen LogP contribution >= 0.6 is 0 Å². The molecule has 0 saturated heterocycles. The topological polar surface area (TPSA) is 59.7 Å². The maximum atomic E-state index is 13.8. The highest BCUT2D eigenvalue weighted by molar-refractivity contribution is 6.15. The molecule has 9 heteroatoms. The number of carbonyl (C=O) groups is 1. The van der Waals surface area contributed by atoms with E-state index in [0.717, 1.165) is 17.2 Å². The summed E-state index contributed by atoms with van der Waals surface area (Å²) in [6, 6.07) is 22.7. The Bertz CT molecular complexity index is 1440. The van der Waals surface area contributed by atoms with E-state index in [-0.39, 0.29) is 36.4 Å². The van der Waals surface area contributed by atoms with Gasteiger partial charge in [0.2, 0.25) is 0 Å². The van der Waals surface area contributed by atoms with Gasteiger partial charge in [-0.25, -0.2) is 4.99 Å². The van der Waals surface area contributed by atoms with Crippen molar-refractivity contribution in [1.29, 1.82) is 0 Å². The highest BCUT2D eigenvalue weighted by Gasteiger charge is 2.36. The number of benzene rings is 3. The van der Waals surface area contributed by atoms with Crippen LogP contribution < -0.4 is 4.90 Å². The van der Waals surface area contributed by atoms with Crippen molar-refractivity contribution in [3.63, 3.8) is 0 Å². The Morgan fingerprint density at radius 2 is 1.66 bits per heavy atom. The van der Waals surface area contributed by atoms with Gasteiger partial charge in [0, 0.05) is 30.5 Å². The molecule has 0 fully saturated rings. The van der Waals surface area contributed by atoms with Crippen molar-refractivity contribution < 1.29 is 22.7 Å². The number of rotatable bonds is 6. The molecule has 1 aliphatic heterocycles. The molecule has 1 atom stereocenters. The third kappa shape index (κ3) is 4.84. The number of methoxy groups -OCH3 is 1. The third-order valence-electron chi connectivity index (χ3n) is 6.42. The van der Waals surface area contributed by atoms with Crippen molar-refractivity contribution in [3.05, 3.63) is 113 Å². The average molecular weight is 519 g/mol. The minimum atomic E-state index is -4.53. The standard InChI is InChI=1S/C29H25F3N4O2/c1-19-17-35(23-13-14-24(29(30,31)32)22(15-23)18-38-2)28(37)27-25(16-33-36(19)27)34-26(20-9-5-3-6-10-20)21-11-7-4-8-12-21/h3-16,19H,17-18H2,1-2H3/t19-/m0/s1. The molecule has 1 aliphatic rings.